The highest BCUT2D eigenvalue weighted by Gasteiger charge is 2.32. The predicted molar refractivity (Wildman–Crippen MR) is 152 cm³/mol. The van der Waals surface area contributed by atoms with E-state index in [0.717, 1.165) is 11.3 Å². The molecular weight excluding hydrogens is 569 g/mol. The first-order valence-electron chi connectivity index (χ1n) is 11.5. The number of sulfonamides is 2. The summed E-state index contributed by atoms with van der Waals surface area (Å²) in [4.78, 5) is -0.0585. The van der Waals surface area contributed by atoms with Crippen LogP contribution in [-0.2, 0) is 20.0 Å². The Balaban J connectivity index is 1.75. The number of hydrazone groups is 1. The Labute approximate surface area is 232 Å². The molecule has 2 N–H and O–H groups in total. The van der Waals surface area contributed by atoms with Crippen LogP contribution in [0.15, 0.2) is 93.3 Å². The summed E-state index contributed by atoms with van der Waals surface area (Å²) in [6.07, 6.45) is 0.313. The normalized spacial score (nSPS) is 16.4. The second kappa shape index (κ2) is 11.8. The highest BCUT2D eigenvalue weighted by molar-refractivity contribution is 7.90. The molecule has 0 spiro atoms. The number of nitrogens with zero attached hydrogens (tertiary/aromatic N) is 3. The van der Waals surface area contributed by atoms with Gasteiger partial charge in [0.15, 0.2) is 5.84 Å². The molecule has 0 saturated carbocycles. The smallest absolute Gasteiger partial charge is 0.284 e. The molecule has 1 heterocycles. The summed E-state index contributed by atoms with van der Waals surface area (Å²) in [5.74, 6) is -0.330. The van der Waals surface area contributed by atoms with Crippen LogP contribution < -0.4 is 15.0 Å². The molecule has 0 bridgehead atoms. The minimum atomic E-state index is -4.17. The van der Waals surface area contributed by atoms with E-state index in [4.69, 9.17) is 28.3 Å². The van der Waals surface area contributed by atoms with Crippen LogP contribution >= 0.6 is 23.2 Å². The molecule has 4 rings (SSSR count). The quantitative estimate of drug-likeness (QED) is 0.283. The lowest BCUT2D eigenvalue weighted by atomic mass is 10.0. The molecule has 0 saturated heterocycles. The van der Waals surface area contributed by atoms with Crippen molar-refractivity contribution < 1.29 is 16.8 Å². The summed E-state index contributed by atoms with van der Waals surface area (Å²) in [5.41, 5.74) is 2.06. The number of hydrogen-bond acceptors (Lipinski definition) is 6. The van der Waals surface area contributed by atoms with Crippen molar-refractivity contribution in [3.8, 4) is 0 Å². The molecule has 3 aromatic rings. The fourth-order valence-electron chi connectivity index (χ4n) is 3.79. The Morgan fingerprint density at radius 2 is 1.55 bits per heavy atom. The first-order valence-corrected chi connectivity index (χ1v) is 15.4. The molecule has 200 valence electrons. The van der Waals surface area contributed by atoms with E-state index in [9.17, 15) is 16.8 Å². The van der Waals surface area contributed by atoms with Crippen molar-refractivity contribution in [3.63, 3.8) is 0 Å². The van der Waals surface area contributed by atoms with Crippen LogP contribution in [0.1, 0.15) is 18.0 Å². The number of rotatable bonds is 9. The van der Waals surface area contributed by atoms with Gasteiger partial charge in [0.25, 0.3) is 10.0 Å². The second-order valence-corrected chi connectivity index (χ2v) is 12.8. The van der Waals surface area contributed by atoms with Gasteiger partial charge in [-0.2, -0.15) is 13.5 Å². The van der Waals surface area contributed by atoms with Crippen LogP contribution in [-0.4, -0.2) is 47.7 Å². The largest absolute Gasteiger partial charge is 0.367 e. The maximum atomic E-state index is 13.2. The lowest BCUT2D eigenvalue weighted by Crippen LogP contribution is -2.37. The van der Waals surface area contributed by atoms with Crippen LogP contribution in [0.4, 0.5) is 5.69 Å². The Hall–Kier alpha value is -2.96. The van der Waals surface area contributed by atoms with Gasteiger partial charge in [0.2, 0.25) is 10.0 Å². The summed E-state index contributed by atoms with van der Waals surface area (Å²) in [5, 5.41) is 10.4. The standard InChI is InChI=1S/C25H25Cl2N5O4S2/c1-28-37(33,34)16-15-29-25(31-38(35,36)22-13-9-20(27)10-14-22)23-17-24(18-5-3-2-4-6-18)32(30-23)21-11-7-19(26)8-12-21/h2-14,24,28H,15-17H2,1H3,(H,29,31)/t24-/m1/s1. The molecular formula is C25H25Cl2N5O4S2. The van der Waals surface area contributed by atoms with E-state index in [2.05, 4.69) is 14.4 Å². The van der Waals surface area contributed by atoms with Gasteiger partial charge in [-0.25, -0.2) is 13.1 Å². The van der Waals surface area contributed by atoms with Crippen molar-refractivity contribution in [1.29, 1.82) is 0 Å². The van der Waals surface area contributed by atoms with Crippen molar-refractivity contribution in [2.45, 2.75) is 17.4 Å². The predicted octanol–water partition coefficient (Wildman–Crippen LogP) is 4.23. The Morgan fingerprint density at radius 3 is 2.16 bits per heavy atom. The zero-order valence-corrected chi connectivity index (χ0v) is 23.4. The molecule has 3 aromatic carbocycles. The fourth-order valence-corrected chi connectivity index (χ4v) is 5.61. The van der Waals surface area contributed by atoms with Gasteiger partial charge in [0.1, 0.15) is 5.71 Å². The first-order chi connectivity index (χ1) is 18.1. The van der Waals surface area contributed by atoms with Crippen LogP contribution in [0.3, 0.4) is 0 Å². The Bertz CT molecular complexity index is 1550. The van der Waals surface area contributed by atoms with Crippen molar-refractivity contribution >= 4 is 60.5 Å². The minimum Gasteiger partial charge on any atom is -0.367 e. The number of hydrogen-bond donors (Lipinski definition) is 2. The summed E-state index contributed by atoms with van der Waals surface area (Å²) < 4.78 is 56.6. The molecule has 0 fully saturated rings. The van der Waals surface area contributed by atoms with Gasteiger partial charge in [-0.15, -0.1) is 4.40 Å². The van der Waals surface area contributed by atoms with Gasteiger partial charge in [0, 0.05) is 23.0 Å². The van der Waals surface area contributed by atoms with E-state index in [1.165, 1.54) is 31.3 Å². The van der Waals surface area contributed by atoms with E-state index in [1.54, 1.807) is 17.1 Å². The fraction of sp³-hybridized carbons (Fsp3) is 0.200. The Morgan fingerprint density at radius 1 is 0.947 bits per heavy atom. The van der Waals surface area contributed by atoms with E-state index in [-0.39, 0.29) is 29.1 Å². The highest BCUT2D eigenvalue weighted by atomic mass is 35.5. The van der Waals surface area contributed by atoms with Gasteiger partial charge >= 0.3 is 0 Å². The molecule has 0 radical (unpaired) electrons. The third kappa shape index (κ3) is 6.91. The zero-order valence-electron chi connectivity index (χ0n) is 20.3. The first kappa shape index (κ1) is 28.1. The molecule has 38 heavy (non-hydrogen) atoms. The van der Waals surface area contributed by atoms with Crippen molar-refractivity contribution in [3.05, 3.63) is 94.5 Å². The molecule has 0 amide bonds. The SMILES string of the molecule is CNS(=O)(=O)CCN/C(=N\S(=O)(=O)c1ccc(Cl)cc1)C1=NN(c2ccc(Cl)cc2)[C@@H](c2ccccc2)C1. The van der Waals surface area contributed by atoms with Crippen LogP contribution in [0.5, 0.6) is 0 Å². The van der Waals surface area contributed by atoms with Gasteiger partial charge in [-0.05, 0) is 61.1 Å². The molecule has 0 aliphatic carbocycles. The van der Waals surface area contributed by atoms with Crippen LogP contribution in [0.25, 0.3) is 0 Å². The molecule has 13 heteroatoms. The van der Waals surface area contributed by atoms with Gasteiger partial charge < -0.3 is 5.32 Å². The summed E-state index contributed by atoms with van der Waals surface area (Å²) in [6.45, 7) is -0.0892. The summed E-state index contributed by atoms with van der Waals surface area (Å²) in [6, 6.07) is 22.1. The molecule has 9 nitrogen and oxygen atoms in total. The van der Waals surface area contributed by atoms with E-state index in [0.29, 0.717) is 22.2 Å². The topological polar surface area (TPSA) is 120 Å². The Kier molecular flexibility index (Phi) is 8.74. The summed E-state index contributed by atoms with van der Waals surface area (Å²) in [7, 11) is -6.40. The zero-order chi connectivity index (χ0) is 27.3. The lowest BCUT2D eigenvalue weighted by molar-refractivity contribution is 0.587. The van der Waals surface area contributed by atoms with Gasteiger partial charge in [-0.1, -0.05) is 53.5 Å². The molecule has 0 aromatic heterocycles. The van der Waals surface area contributed by atoms with Crippen LogP contribution in [0.2, 0.25) is 10.0 Å². The highest BCUT2D eigenvalue weighted by Crippen LogP contribution is 2.36. The van der Waals surface area contributed by atoms with Gasteiger partial charge in [0.05, 0.1) is 22.4 Å². The third-order valence-electron chi connectivity index (χ3n) is 5.76. The van der Waals surface area contributed by atoms with Crippen molar-refractivity contribution in [2.24, 2.45) is 9.50 Å². The molecule has 1 atom stereocenters. The second-order valence-electron chi connectivity index (χ2n) is 8.32. The molecule has 1 aliphatic rings. The number of halogens is 2. The number of anilines is 1. The molecule has 0 unspecified atom stereocenters. The lowest BCUT2D eigenvalue weighted by Gasteiger charge is -2.24. The monoisotopic (exact) mass is 593 g/mol. The average molecular weight is 595 g/mol. The number of benzene rings is 3. The van der Waals surface area contributed by atoms with Crippen molar-refractivity contribution in [1.82, 2.24) is 10.0 Å². The van der Waals surface area contributed by atoms with E-state index < -0.39 is 20.0 Å². The number of nitrogens with one attached hydrogen (secondary N) is 2. The van der Waals surface area contributed by atoms with E-state index >= 15 is 0 Å². The molecule has 1 aliphatic heterocycles. The third-order valence-corrected chi connectivity index (χ3v) is 8.91. The van der Waals surface area contributed by atoms with Gasteiger partial charge in [-0.3, -0.25) is 5.01 Å². The van der Waals surface area contributed by atoms with Crippen molar-refractivity contribution in [2.75, 3.05) is 24.4 Å². The average Bonchev–Trinajstić information content (AvgIpc) is 3.35. The van der Waals surface area contributed by atoms with E-state index in [1.807, 2.05) is 42.5 Å². The minimum absolute atomic E-state index is 0.0383. The maximum Gasteiger partial charge on any atom is 0.284 e. The maximum absolute atomic E-state index is 13.2. The van der Waals surface area contributed by atoms with Crippen LogP contribution in [0, 0.1) is 0 Å². The summed E-state index contributed by atoms with van der Waals surface area (Å²) >= 11 is 12.0. The number of amidine groups is 1.